The Morgan fingerprint density at radius 2 is 1.94 bits per heavy atom. The molecule has 1 atom stereocenters. The van der Waals surface area contributed by atoms with Gasteiger partial charge in [0.25, 0.3) is 0 Å². The quantitative estimate of drug-likeness (QED) is 0.836. The molecule has 0 heterocycles. The lowest BCUT2D eigenvalue weighted by Crippen LogP contribution is -2.34. The minimum atomic E-state index is -4.25. The SMILES string of the molecule is CCNC(c1cccc(CC)c1)C(F)(F)F. The van der Waals surface area contributed by atoms with E-state index in [0.29, 0.717) is 6.54 Å². The van der Waals surface area contributed by atoms with E-state index in [-0.39, 0.29) is 5.56 Å². The number of alkyl halides is 3. The lowest BCUT2D eigenvalue weighted by molar-refractivity contribution is -0.157. The van der Waals surface area contributed by atoms with E-state index in [1.54, 1.807) is 19.1 Å². The molecule has 1 N–H and O–H groups in total. The summed E-state index contributed by atoms with van der Waals surface area (Å²) in [5, 5.41) is 2.47. The smallest absolute Gasteiger partial charge is 0.303 e. The molecule has 16 heavy (non-hydrogen) atoms. The number of rotatable bonds is 4. The first-order valence-electron chi connectivity index (χ1n) is 5.38. The summed E-state index contributed by atoms with van der Waals surface area (Å²) in [6, 6.07) is 5.07. The van der Waals surface area contributed by atoms with E-state index in [0.717, 1.165) is 12.0 Å². The average Bonchev–Trinajstić information content (AvgIpc) is 2.24. The Morgan fingerprint density at radius 1 is 1.25 bits per heavy atom. The molecule has 1 unspecified atom stereocenters. The Labute approximate surface area is 93.7 Å². The van der Waals surface area contributed by atoms with E-state index in [1.807, 2.05) is 13.0 Å². The van der Waals surface area contributed by atoms with Crippen LogP contribution in [0.4, 0.5) is 13.2 Å². The summed E-state index contributed by atoms with van der Waals surface area (Å²) in [6.07, 6.45) is -3.51. The highest BCUT2D eigenvalue weighted by atomic mass is 19.4. The molecule has 1 aromatic carbocycles. The monoisotopic (exact) mass is 231 g/mol. The van der Waals surface area contributed by atoms with Crippen LogP contribution in [0, 0.1) is 0 Å². The van der Waals surface area contributed by atoms with Crippen LogP contribution >= 0.6 is 0 Å². The number of aryl methyl sites for hydroxylation is 1. The molecular formula is C12H16F3N. The number of hydrogen-bond donors (Lipinski definition) is 1. The van der Waals surface area contributed by atoms with E-state index < -0.39 is 12.2 Å². The van der Waals surface area contributed by atoms with Gasteiger partial charge in [0.15, 0.2) is 0 Å². The Kier molecular flexibility index (Phi) is 4.35. The average molecular weight is 231 g/mol. The maximum absolute atomic E-state index is 12.8. The summed E-state index contributed by atoms with van der Waals surface area (Å²) in [5.74, 6) is 0. The molecule has 0 radical (unpaired) electrons. The number of nitrogens with one attached hydrogen (secondary N) is 1. The maximum atomic E-state index is 12.8. The molecule has 0 spiro atoms. The van der Waals surface area contributed by atoms with Crippen molar-refractivity contribution in [1.29, 1.82) is 0 Å². The van der Waals surface area contributed by atoms with E-state index in [2.05, 4.69) is 5.32 Å². The van der Waals surface area contributed by atoms with Crippen molar-refractivity contribution in [2.45, 2.75) is 32.5 Å². The van der Waals surface area contributed by atoms with Gasteiger partial charge >= 0.3 is 6.18 Å². The fraction of sp³-hybridized carbons (Fsp3) is 0.500. The van der Waals surface area contributed by atoms with E-state index in [4.69, 9.17) is 0 Å². The van der Waals surface area contributed by atoms with Crippen molar-refractivity contribution in [3.8, 4) is 0 Å². The summed E-state index contributed by atoms with van der Waals surface area (Å²) < 4.78 is 38.3. The van der Waals surface area contributed by atoms with Crippen LogP contribution in [0.25, 0.3) is 0 Å². The fourth-order valence-corrected chi connectivity index (χ4v) is 1.62. The van der Waals surface area contributed by atoms with Crippen molar-refractivity contribution in [3.05, 3.63) is 35.4 Å². The summed E-state index contributed by atoms with van der Waals surface area (Å²) in [6.45, 7) is 3.89. The third kappa shape index (κ3) is 3.23. The second-order valence-electron chi connectivity index (χ2n) is 3.63. The number of benzene rings is 1. The molecular weight excluding hydrogens is 215 g/mol. The molecule has 0 fully saturated rings. The van der Waals surface area contributed by atoms with Crippen LogP contribution in [0.5, 0.6) is 0 Å². The molecule has 0 aliphatic rings. The summed E-state index contributed by atoms with van der Waals surface area (Å²) in [5.41, 5.74) is 1.21. The van der Waals surface area contributed by atoms with Gasteiger partial charge in [-0.3, -0.25) is 0 Å². The van der Waals surface area contributed by atoms with Crippen LogP contribution in [-0.2, 0) is 6.42 Å². The van der Waals surface area contributed by atoms with Crippen molar-refractivity contribution in [3.63, 3.8) is 0 Å². The predicted octanol–water partition coefficient (Wildman–Crippen LogP) is 3.46. The minimum absolute atomic E-state index is 0.286. The van der Waals surface area contributed by atoms with Gasteiger partial charge in [0, 0.05) is 0 Å². The second-order valence-corrected chi connectivity index (χ2v) is 3.63. The summed E-state index contributed by atoms with van der Waals surface area (Å²) in [4.78, 5) is 0. The van der Waals surface area contributed by atoms with Crippen molar-refractivity contribution in [1.82, 2.24) is 5.32 Å². The van der Waals surface area contributed by atoms with Crippen molar-refractivity contribution < 1.29 is 13.2 Å². The molecule has 90 valence electrons. The first-order valence-corrected chi connectivity index (χ1v) is 5.38. The number of hydrogen-bond acceptors (Lipinski definition) is 1. The van der Waals surface area contributed by atoms with Crippen molar-refractivity contribution >= 4 is 0 Å². The molecule has 0 amide bonds. The largest absolute Gasteiger partial charge is 0.407 e. The van der Waals surface area contributed by atoms with Crippen LogP contribution < -0.4 is 5.32 Å². The minimum Gasteiger partial charge on any atom is -0.303 e. The highest BCUT2D eigenvalue weighted by Crippen LogP contribution is 2.32. The van der Waals surface area contributed by atoms with Gasteiger partial charge in [-0.15, -0.1) is 0 Å². The highest BCUT2D eigenvalue weighted by molar-refractivity contribution is 5.27. The Hall–Kier alpha value is -1.03. The van der Waals surface area contributed by atoms with Gasteiger partial charge in [-0.2, -0.15) is 13.2 Å². The molecule has 4 heteroatoms. The van der Waals surface area contributed by atoms with Crippen LogP contribution in [-0.4, -0.2) is 12.7 Å². The topological polar surface area (TPSA) is 12.0 Å². The molecule has 1 nitrogen and oxygen atoms in total. The fourth-order valence-electron chi connectivity index (χ4n) is 1.62. The maximum Gasteiger partial charge on any atom is 0.407 e. The second kappa shape index (κ2) is 5.34. The molecule has 1 rings (SSSR count). The van der Waals surface area contributed by atoms with E-state index >= 15 is 0 Å². The molecule has 0 aliphatic heterocycles. The van der Waals surface area contributed by atoms with E-state index in [1.165, 1.54) is 6.07 Å². The highest BCUT2D eigenvalue weighted by Gasteiger charge is 2.40. The zero-order chi connectivity index (χ0) is 12.2. The van der Waals surface area contributed by atoms with Crippen LogP contribution in [0.15, 0.2) is 24.3 Å². The normalized spacial score (nSPS) is 13.8. The summed E-state index contributed by atoms with van der Waals surface area (Å²) >= 11 is 0. The zero-order valence-electron chi connectivity index (χ0n) is 9.43. The van der Waals surface area contributed by atoms with Gasteiger partial charge in [0.05, 0.1) is 0 Å². The lowest BCUT2D eigenvalue weighted by Gasteiger charge is -2.21. The molecule has 0 saturated carbocycles. The standard InChI is InChI=1S/C12H16F3N/c1-3-9-6-5-7-10(8-9)11(16-4-2)12(13,14)15/h5-8,11,16H,3-4H2,1-2H3. The van der Waals surface area contributed by atoms with Crippen molar-refractivity contribution in [2.75, 3.05) is 6.54 Å². The molecule has 0 aromatic heterocycles. The van der Waals surface area contributed by atoms with Gasteiger partial charge < -0.3 is 5.32 Å². The van der Waals surface area contributed by atoms with Gasteiger partial charge in [-0.1, -0.05) is 38.1 Å². The Bertz CT molecular complexity index is 333. The zero-order valence-corrected chi connectivity index (χ0v) is 9.43. The Morgan fingerprint density at radius 3 is 2.44 bits per heavy atom. The third-order valence-electron chi connectivity index (χ3n) is 2.43. The van der Waals surface area contributed by atoms with Gasteiger partial charge in [0.1, 0.15) is 6.04 Å². The lowest BCUT2D eigenvalue weighted by atomic mass is 10.0. The number of halogens is 3. The molecule has 0 bridgehead atoms. The summed E-state index contributed by atoms with van der Waals surface area (Å²) in [7, 11) is 0. The molecule has 0 aliphatic carbocycles. The molecule has 0 saturated heterocycles. The van der Waals surface area contributed by atoms with E-state index in [9.17, 15) is 13.2 Å². The predicted molar refractivity (Wildman–Crippen MR) is 58.3 cm³/mol. The Balaban J connectivity index is 3.01. The van der Waals surface area contributed by atoms with Gasteiger partial charge in [-0.05, 0) is 24.1 Å². The first kappa shape index (κ1) is 13.0. The third-order valence-corrected chi connectivity index (χ3v) is 2.43. The molecule has 1 aromatic rings. The van der Waals surface area contributed by atoms with Crippen molar-refractivity contribution in [2.24, 2.45) is 0 Å². The van der Waals surface area contributed by atoms with Crippen LogP contribution in [0.1, 0.15) is 31.0 Å². The van der Waals surface area contributed by atoms with Gasteiger partial charge in [-0.25, -0.2) is 0 Å². The van der Waals surface area contributed by atoms with Crippen LogP contribution in [0.2, 0.25) is 0 Å². The van der Waals surface area contributed by atoms with Crippen LogP contribution in [0.3, 0.4) is 0 Å². The van der Waals surface area contributed by atoms with Gasteiger partial charge in [0.2, 0.25) is 0 Å². The first-order chi connectivity index (χ1) is 7.49.